The molecule has 0 aliphatic carbocycles. The second kappa shape index (κ2) is 9.93. The molecule has 3 atom stereocenters. The number of carbonyl (C=O) groups is 1. The molecular formula is C24H26F2N6O3. The summed E-state index contributed by atoms with van der Waals surface area (Å²) in [6.07, 6.45) is 0.208. The van der Waals surface area contributed by atoms with Crippen molar-refractivity contribution in [1.29, 1.82) is 5.26 Å². The molecule has 1 fully saturated rings. The fourth-order valence-corrected chi connectivity index (χ4v) is 3.74. The number of anilines is 1. The van der Waals surface area contributed by atoms with Crippen LogP contribution in [0.25, 0.3) is 16.9 Å². The minimum absolute atomic E-state index is 0.0548. The Bertz CT molecular complexity index is 1270. The first-order chi connectivity index (χ1) is 16.7. The van der Waals surface area contributed by atoms with Gasteiger partial charge in [0.2, 0.25) is 0 Å². The highest BCUT2D eigenvalue weighted by Gasteiger charge is 2.29. The Labute approximate surface area is 200 Å². The molecule has 0 bridgehead atoms. The predicted molar refractivity (Wildman–Crippen MR) is 124 cm³/mol. The summed E-state index contributed by atoms with van der Waals surface area (Å²) >= 11 is 0. The highest BCUT2D eigenvalue weighted by atomic mass is 19.1. The van der Waals surface area contributed by atoms with Gasteiger partial charge in [-0.3, -0.25) is 9.78 Å². The van der Waals surface area contributed by atoms with Crippen molar-refractivity contribution in [3.05, 3.63) is 47.8 Å². The quantitative estimate of drug-likeness (QED) is 0.471. The van der Waals surface area contributed by atoms with E-state index in [2.05, 4.69) is 20.7 Å². The molecule has 11 heteroatoms. The number of hydrogen-bond donors (Lipinski definition) is 3. The number of amides is 1. The number of pyridine rings is 1. The SMILES string of the molecule is CC(C)(O)C(F)CNC(=O)c1cnc(-c2ccc3cc(C#N)cnn23)cc1N[C@@H]1CCOC[C@H]1F. The molecule has 3 aromatic heterocycles. The van der Waals surface area contributed by atoms with E-state index in [4.69, 9.17) is 10.00 Å². The molecule has 4 rings (SSSR count). The number of nitriles is 1. The molecule has 1 aliphatic heterocycles. The Balaban J connectivity index is 1.67. The molecule has 3 N–H and O–H groups in total. The van der Waals surface area contributed by atoms with Crippen molar-refractivity contribution >= 4 is 17.1 Å². The molecular weight excluding hydrogens is 458 g/mol. The zero-order valence-electron chi connectivity index (χ0n) is 19.3. The van der Waals surface area contributed by atoms with Crippen LogP contribution in [0.4, 0.5) is 14.5 Å². The Morgan fingerprint density at radius 2 is 2.20 bits per heavy atom. The lowest BCUT2D eigenvalue weighted by atomic mass is 10.0. The molecule has 184 valence electrons. The van der Waals surface area contributed by atoms with Gasteiger partial charge in [0, 0.05) is 12.8 Å². The van der Waals surface area contributed by atoms with Crippen molar-refractivity contribution in [2.24, 2.45) is 0 Å². The fourth-order valence-electron chi connectivity index (χ4n) is 3.74. The van der Waals surface area contributed by atoms with Gasteiger partial charge in [0.1, 0.15) is 18.4 Å². The second-order valence-electron chi connectivity index (χ2n) is 8.99. The Morgan fingerprint density at radius 3 is 2.91 bits per heavy atom. The minimum atomic E-state index is -1.68. The largest absolute Gasteiger partial charge is 0.387 e. The van der Waals surface area contributed by atoms with Crippen LogP contribution in [-0.4, -0.2) is 69.4 Å². The van der Waals surface area contributed by atoms with Gasteiger partial charge in [-0.05, 0) is 44.5 Å². The van der Waals surface area contributed by atoms with Gasteiger partial charge in [-0.2, -0.15) is 10.4 Å². The lowest BCUT2D eigenvalue weighted by Crippen LogP contribution is -2.42. The molecule has 1 unspecified atom stereocenters. The first-order valence-corrected chi connectivity index (χ1v) is 11.2. The van der Waals surface area contributed by atoms with E-state index in [1.165, 1.54) is 26.2 Å². The molecule has 1 saturated heterocycles. The first kappa shape index (κ1) is 24.5. The predicted octanol–water partition coefficient (Wildman–Crippen LogP) is 2.65. The number of alkyl halides is 2. The summed E-state index contributed by atoms with van der Waals surface area (Å²) in [7, 11) is 0. The lowest BCUT2D eigenvalue weighted by Gasteiger charge is -2.28. The average molecular weight is 485 g/mol. The smallest absolute Gasteiger partial charge is 0.255 e. The summed E-state index contributed by atoms with van der Waals surface area (Å²) in [4.78, 5) is 17.3. The van der Waals surface area contributed by atoms with E-state index in [0.717, 1.165) is 0 Å². The fraction of sp³-hybridized carbons (Fsp3) is 0.417. The van der Waals surface area contributed by atoms with E-state index in [1.54, 1.807) is 28.8 Å². The third-order valence-electron chi connectivity index (χ3n) is 5.88. The Morgan fingerprint density at radius 1 is 1.40 bits per heavy atom. The maximum absolute atomic E-state index is 14.5. The van der Waals surface area contributed by atoms with E-state index in [1.807, 2.05) is 6.07 Å². The van der Waals surface area contributed by atoms with Gasteiger partial charge in [0.25, 0.3) is 5.91 Å². The van der Waals surface area contributed by atoms with Crippen molar-refractivity contribution < 1.29 is 23.4 Å². The number of rotatable bonds is 7. The van der Waals surface area contributed by atoms with Crippen molar-refractivity contribution in [2.75, 3.05) is 25.1 Å². The highest BCUT2D eigenvalue weighted by molar-refractivity contribution is 6.00. The Hall–Kier alpha value is -3.62. The summed E-state index contributed by atoms with van der Waals surface area (Å²) in [6.45, 7) is 2.55. The second-order valence-corrected chi connectivity index (χ2v) is 8.99. The van der Waals surface area contributed by atoms with E-state index in [9.17, 15) is 18.7 Å². The molecule has 4 heterocycles. The van der Waals surface area contributed by atoms with E-state index >= 15 is 0 Å². The van der Waals surface area contributed by atoms with Crippen LogP contribution >= 0.6 is 0 Å². The van der Waals surface area contributed by atoms with Crippen molar-refractivity contribution in [2.45, 2.75) is 44.3 Å². The molecule has 1 aliphatic rings. The van der Waals surface area contributed by atoms with E-state index in [0.29, 0.717) is 41.2 Å². The van der Waals surface area contributed by atoms with Gasteiger partial charge in [0.15, 0.2) is 0 Å². The summed E-state index contributed by atoms with van der Waals surface area (Å²) in [5.41, 5.74) is 0.980. The topological polar surface area (TPSA) is 125 Å². The molecule has 0 aromatic carbocycles. The van der Waals surface area contributed by atoms with Crippen LogP contribution in [0.1, 0.15) is 36.2 Å². The maximum atomic E-state index is 14.5. The van der Waals surface area contributed by atoms with Gasteiger partial charge in [0.05, 0.1) is 64.7 Å². The van der Waals surface area contributed by atoms with Crippen molar-refractivity contribution in [3.8, 4) is 17.5 Å². The van der Waals surface area contributed by atoms with Crippen molar-refractivity contribution in [3.63, 3.8) is 0 Å². The van der Waals surface area contributed by atoms with Gasteiger partial charge < -0.3 is 20.5 Å². The number of aromatic nitrogens is 3. The van der Waals surface area contributed by atoms with Gasteiger partial charge >= 0.3 is 0 Å². The van der Waals surface area contributed by atoms with Crippen LogP contribution in [0.3, 0.4) is 0 Å². The van der Waals surface area contributed by atoms with Crippen molar-refractivity contribution in [1.82, 2.24) is 19.9 Å². The van der Waals surface area contributed by atoms with Crippen LogP contribution < -0.4 is 10.6 Å². The highest BCUT2D eigenvalue weighted by Crippen LogP contribution is 2.27. The van der Waals surface area contributed by atoms with Gasteiger partial charge in [-0.1, -0.05) is 0 Å². The minimum Gasteiger partial charge on any atom is -0.387 e. The summed E-state index contributed by atoms with van der Waals surface area (Å²) in [5, 5.41) is 28.8. The normalized spacial score (nSPS) is 19.2. The monoisotopic (exact) mass is 484 g/mol. The summed E-state index contributed by atoms with van der Waals surface area (Å²) < 4.78 is 35.4. The van der Waals surface area contributed by atoms with Crippen LogP contribution in [0.15, 0.2) is 36.7 Å². The number of halogens is 2. The molecule has 0 saturated carbocycles. The number of carbonyl (C=O) groups excluding carboxylic acids is 1. The van der Waals surface area contributed by atoms with Gasteiger partial charge in [-0.15, -0.1) is 0 Å². The zero-order valence-corrected chi connectivity index (χ0v) is 19.3. The number of ether oxygens (including phenoxy) is 1. The molecule has 0 spiro atoms. The van der Waals surface area contributed by atoms with Crippen LogP contribution in [0.5, 0.6) is 0 Å². The Kier molecular flexibility index (Phi) is 6.95. The van der Waals surface area contributed by atoms with Crippen LogP contribution in [-0.2, 0) is 4.74 Å². The number of nitrogens with one attached hydrogen (secondary N) is 2. The zero-order chi connectivity index (χ0) is 25.2. The lowest BCUT2D eigenvalue weighted by molar-refractivity contribution is -0.00177. The number of fused-ring (bicyclic) bond motifs is 1. The van der Waals surface area contributed by atoms with E-state index in [-0.39, 0.29) is 12.2 Å². The molecule has 9 nitrogen and oxygen atoms in total. The first-order valence-electron chi connectivity index (χ1n) is 11.2. The van der Waals surface area contributed by atoms with E-state index < -0.39 is 36.4 Å². The number of aliphatic hydroxyl groups is 1. The molecule has 35 heavy (non-hydrogen) atoms. The summed E-state index contributed by atoms with van der Waals surface area (Å²) in [6, 6.07) is 8.31. The van der Waals surface area contributed by atoms with Crippen LogP contribution in [0, 0.1) is 11.3 Å². The number of hydrogen-bond acceptors (Lipinski definition) is 7. The van der Waals surface area contributed by atoms with Crippen LogP contribution in [0.2, 0.25) is 0 Å². The maximum Gasteiger partial charge on any atom is 0.255 e. The third kappa shape index (κ3) is 5.39. The number of nitrogens with zero attached hydrogens (tertiary/aromatic N) is 4. The third-order valence-corrected chi connectivity index (χ3v) is 5.88. The summed E-state index contributed by atoms with van der Waals surface area (Å²) in [5.74, 6) is -0.613. The average Bonchev–Trinajstić information content (AvgIpc) is 3.26. The molecule has 1 amide bonds. The molecule has 3 aromatic rings. The molecule has 0 radical (unpaired) electrons. The van der Waals surface area contributed by atoms with Gasteiger partial charge in [-0.25, -0.2) is 13.3 Å². The standard InChI is InChI=1S/C24H26F2N6O3/c1-24(2,34)22(26)12-29-23(33)16-11-28-20(8-19(16)31-18-5-6-35-13-17(18)25)21-4-3-15-7-14(9-27)10-30-32(15)21/h3-4,7-8,10-11,17-18,22,34H,5-6,12-13H2,1-2H3,(H,28,31)(H,29,33)/t17-,18-,22?/m1/s1.